The number of fused-ring (bicyclic) bond motifs is 2. The first kappa shape index (κ1) is 18.4. The van der Waals surface area contributed by atoms with E-state index in [1.54, 1.807) is 30.3 Å². The van der Waals surface area contributed by atoms with Gasteiger partial charge in [-0.05, 0) is 69.6 Å². The number of rotatable bonds is 3. The van der Waals surface area contributed by atoms with Crippen LogP contribution in [0.15, 0.2) is 84.9 Å². The van der Waals surface area contributed by atoms with Crippen molar-refractivity contribution in [2.24, 2.45) is 0 Å². The molecule has 3 heteroatoms. The van der Waals surface area contributed by atoms with Gasteiger partial charge in [0.2, 0.25) is 0 Å². The van der Waals surface area contributed by atoms with Gasteiger partial charge in [0.05, 0.1) is 0 Å². The maximum atomic E-state index is 12.5. The van der Waals surface area contributed by atoms with Gasteiger partial charge in [-0.25, -0.2) is 0 Å². The zero-order chi connectivity index (χ0) is 17.2. The lowest BCUT2D eigenvalue weighted by Crippen LogP contribution is -1.93. The first-order chi connectivity index (χ1) is 12.2. The van der Waals surface area contributed by atoms with E-state index >= 15 is 0 Å². The molecule has 0 N–H and O–H groups in total. The summed E-state index contributed by atoms with van der Waals surface area (Å²) in [4.78, 5) is 12.5. The largest absolute Gasteiger partial charge is 0.289 e. The van der Waals surface area contributed by atoms with E-state index in [1.807, 2.05) is 30.3 Å². The molecule has 0 amide bonds. The molecule has 0 saturated carbocycles. The Labute approximate surface area is 167 Å². The number of halogens is 2. The van der Waals surface area contributed by atoms with E-state index < -0.39 is 0 Å². The zero-order valence-corrected chi connectivity index (χ0v) is 16.3. The van der Waals surface area contributed by atoms with Crippen molar-refractivity contribution < 1.29 is 4.79 Å². The molecule has 1 nitrogen and oxygen atoms in total. The van der Waals surface area contributed by atoms with E-state index in [-0.39, 0.29) is 22.8 Å². The van der Waals surface area contributed by atoms with Crippen LogP contribution in [0.1, 0.15) is 15.9 Å². The molecule has 0 fully saturated rings. The number of carbonyl (C=O) groups is 1. The van der Waals surface area contributed by atoms with Crippen LogP contribution in [-0.2, 0) is 0 Å². The number of carbonyl (C=O) groups excluding carboxylic acids is 1. The summed E-state index contributed by atoms with van der Waals surface area (Å²) in [5.74, 6) is -0.0336. The first-order valence-corrected chi connectivity index (χ1v) is 8.49. The molecule has 4 aromatic rings. The van der Waals surface area contributed by atoms with Gasteiger partial charge in [-0.1, -0.05) is 60.1 Å². The lowest BCUT2D eigenvalue weighted by Gasteiger charge is -2.08. The van der Waals surface area contributed by atoms with Crippen molar-refractivity contribution in [2.75, 3.05) is 0 Å². The van der Waals surface area contributed by atoms with Crippen molar-refractivity contribution >= 4 is 62.0 Å². The average molecular weight is 424 g/mol. The Bertz CT molecular complexity index is 1060. The highest BCUT2D eigenvalue weighted by Crippen LogP contribution is 2.29. The van der Waals surface area contributed by atoms with Crippen molar-refractivity contribution in [3.63, 3.8) is 0 Å². The van der Waals surface area contributed by atoms with Crippen LogP contribution >= 0.6 is 28.6 Å². The van der Waals surface area contributed by atoms with Gasteiger partial charge in [-0.3, -0.25) is 4.79 Å². The molecule has 0 aromatic heterocycles. The SMILES string of the molecule is Br.O=C(C=Cc1c2ccccc2cc2ccccc12)c1ccc(Cl)cc1. The number of ketones is 1. The molecule has 0 saturated heterocycles. The predicted octanol–water partition coefficient (Wildman–Crippen LogP) is 7.12. The fraction of sp³-hybridized carbons (Fsp3) is 0. The normalized spacial score (nSPS) is 11.0. The lowest BCUT2D eigenvalue weighted by atomic mass is 9.96. The molecule has 0 bridgehead atoms. The Morgan fingerprint density at radius 2 is 1.31 bits per heavy atom. The first-order valence-electron chi connectivity index (χ1n) is 8.11. The van der Waals surface area contributed by atoms with Crippen LogP contribution in [0.4, 0.5) is 0 Å². The fourth-order valence-electron chi connectivity index (χ4n) is 3.10. The van der Waals surface area contributed by atoms with Crippen molar-refractivity contribution in [1.29, 1.82) is 0 Å². The molecule has 128 valence electrons. The molecular formula is C23H16BrClO. The van der Waals surface area contributed by atoms with E-state index in [9.17, 15) is 4.79 Å². The van der Waals surface area contributed by atoms with Gasteiger partial charge >= 0.3 is 0 Å². The quantitative estimate of drug-likeness (QED) is 0.195. The zero-order valence-electron chi connectivity index (χ0n) is 13.9. The maximum absolute atomic E-state index is 12.5. The van der Waals surface area contributed by atoms with Gasteiger partial charge < -0.3 is 0 Å². The molecule has 4 aromatic carbocycles. The second kappa shape index (κ2) is 7.86. The monoisotopic (exact) mass is 422 g/mol. The Morgan fingerprint density at radius 1 is 0.769 bits per heavy atom. The Morgan fingerprint density at radius 3 is 1.88 bits per heavy atom. The summed E-state index contributed by atoms with van der Waals surface area (Å²) in [6.45, 7) is 0. The van der Waals surface area contributed by atoms with Crippen LogP contribution in [0.3, 0.4) is 0 Å². The van der Waals surface area contributed by atoms with Gasteiger partial charge in [-0.2, -0.15) is 0 Å². The van der Waals surface area contributed by atoms with E-state index in [1.165, 1.54) is 10.8 Å². The third-order valence-corrected chi connectivity index (χ3v) is 4.60. The van der Waals surface area contributed by atoms with E-state index in [0.29, 0.717) is 10.6 Å². The molecule has 0 unspecified atom stereocenters. The van der Waals surface area contributed by atoms with Crippen molar-refractivity contribution in [3.05, 3.63) is 101 Å². The standard InChI is InChI=1S/C23H15ClO.BrH/c24-19-11-9-16(10-12-19)23(25)14-13-22-20-7-3-1-5-17(20)15-18-6-2-4-8-21(18)22;/h1-15H;1H. The summed E-state index contributed by atoms with van der Waals surface area (Å²) in [5.41, 5.74) is 1.70. The maximum Gasteiger partial charge on any atom is 0.185 e. The summed E-state index contributed by atoms with van der Waals surface area (Å²) >= 11 is 5.89. The van der Waals surface area contributed by atoms with Crippen LogP contribution in [0.2, 0.25) is 5.02 Å². The predicted molar refractivity (Wildman–Crippen MR) is 117 cm³/mol. The van der Waals surface area contributed by atoms with Crippen LogP contribution < -0.4 is 0 Å². The minimum atomic E-state index is -0.0336. The Balaban J connectivity index is 0.00000196. The number of hydrogen-bond donors (Lipinski definition) is 0. The van der Waals surface area contributed by atoms with Gasteiger partial charge in [-0.15, -0.1) is 17.0 Å². The molecule has 0 atom stereocenters. The molecule has 4 rings (SSSR count). The summed E-state index contributed by atoms with van der Waals surface area (Å²) in [6.07, 6.45) is 3.55. The molecule has 26 heavy (non-hydrogen) atoms. The fourth-order valence-corrected chi connectivity index (χ4v) is 3.22. The van der Waals surface area contributed by atoms with E-state index in [2.05, 4.69) is 30.3 Å². The van der Waals surface area contributed by atoms with Gasteiger partial charge in [0, 0.05) is 10.6 Å². The average Bonchev–Trinajstić information content (AvgIpc) is 2.65. The molecule has 0 spiro atoms. The summed E-state index contributed by atoms with van der Waals surface area (Å²) in [7, 11) is 0. The minimum Gasteiger partial charge on any atom is -0.289 e. The molecule has 0 aliphatic carbocycles. The van der Waals surface area contributed by atoms with E-state index in [4.69, 9.17) is 11.6 Å². The number of allylic oxidation sites excluding steroid dienone is 1. The van der Waals surface area contributed by atoms with Crippen LogP contribution in [0.5, 0.6) is 0 Å². The second-order valence-electron chi connectivity index (χ2n) is 5.94. The molecule has 0 radical (unpaired) electrons. The lowest BCUT2D eigenvalue weighted by molar-refractivity contribution is 0.104. The third kappa shape index (κ3) is 3.57. The van der Waals surface area contributed by atoms with E-state index in [0.717, 1.165) is 16.3 Å². The van der Waals surface area contributed by atoms with Crippen LogP contribution in [0.25, 0.3) is 27.6 Å². The molecular weight excluding hydrogens is 408 g/mol. The van der Waals surface area contributed by atoms with Gasteiger partial charge in [0.25, 0.3) is 0 Å². The molecule has 0 aliphatic heterocycles. The van der Waals surface area contributed by atoms with Crippen LogP contribution in [-0.4, -0.2) is 5.78 Å². The van der Waals surface area contributed by atoms with Crippen molar-refractivity contribution in [3.8, 4) is 0 Å². The minimum absolute atomic E-state index is 0. The van der Waals surface area contributed by atoms with Crippen molar-refractivity contribution in [2.45, 2.75) is 0 Å². The smallest absolute Gasteiger partial charge is 0.185 e. The third-order valence-electron chi connectivity index (χ3n) is 4.34. The second-order valence-corrected chi connectivity index (χ2v) is 6.37. The molecule has 0 heterocycles. The summed E-state index contributed by atoms with van der Waals surface area (Å²) in [6, 6.07) is 25.6. The summed E-state index contributed by atoms with van der Waals surface area (Å²) in [5, 5.41) is 5.24. The van der Waals surface area contributed by atoms with Crippen molar-refractivity contribution in [1.82, 2.24) is 0 Å². The highest BCUT2D eigenvalue weighted by molar-refractivity contribution is 8.93. The number of benzene rings is 4. The summed E-state index contributed by atoms with van der Waals surface area (Å²) < 4.78 is 0. The van der Waals surface area contributed by atoms with Gasteiger partial charge in [0.15, 0.2) is 5.78 Å². The van der Waals surface area contributed by atoms with Crippen LogP contribution in [0, 0.1) is 0 Å². The van der Waals surface area contributed by atoms with Gasteiger partial charge in [0.1, 0.15) is 0 Å². The Kier molecular flexibility index (Phi) is 5.55. The highest BCUT2D eigenvalue weighted by atomic mass is 79.9. The molecule has 0 aliphatic rings. The number of hydrogen-bond acceptors (Lipinski definition) is 1. The topological polar surface area (TPSA) is 17.1 Å². The highest BCUT2D eigenvalue weighted by Gasteiger charge is 2.06. The Hall–Kier alpha value is -2.42.